The van der Waals surface area contributed by atoms with Crippen LogP contribution >= 0.6 is 0 Å². The van der Waals surface area contributed by atoms with Gasteiger partial charge in [-0.15, -0.1) is 0 Å². The average molecular weight is 371 g/mol. The molecule has 0 aliphatic heterocycles. The normalized spacial score (nSPS) is 13.8. The monoisotopic (exact) mass is 370 g/mol. The van der Waals surface area contributed by atoms with Gasteiger partial charge in [-0.1, -0.05) is 105 Å². The van der Waals surface area contributed by atoms with Crippen LogP contribution in [0.15, 0.2) is 0 Å². The molecule has 0 saturated heterocycles. The molecule has 1 atom stereocenters. The maximum absolute atomic E-state index is 11.3. The summed E-state index contributed by atoms with van der Waals surface area (Å²) in [6.07, 6.45) is 18.0. The van der Waals surface area contributed by atoms with Gasteiger partial charge in [0.15, 0.2) is 8.32 Å². The molecule has 0 aromatic heterocycles. The Hall–Kier alpha value is -0.153. The maximum atomic E-state index is 11.3. The van der Waals surface area contributed by atoms with E-state index in [1.54, 1.807) is 0 Å². The fourth-order valence-electron chi connectivity index (χ4n) is 2.90. The SMILES string of the molecule is CCCCCCCCCCCCCC[C@H](C=O)O[Si](C)(C)C(C)(C)C. The van der Waals surface area contributed by atoms with Crippen molar-refractivity contribution in [2.24, 2.45) is 0 Å². The lowest BCUT2D eigenvalue weighted by molar-refractivity contribution is -0.114. The van der Waals surface area contributed by atoms with Crippen molar-refractivity contribution >= 4 is 14.6 Å². The molecule has 0 fully saturated rings. The molecule has 0 unspecified atom stereocenters. The molecular formula is C22H46O2Si. The molecular weight excluding hydrogens is 324 g/mol. The van der Waals surface area contributed by atoms with Crippen molar-refractivity contribution in [3.63, 3.8) is 0 Å². The minimum Gasteiger partial charge on any atom is -0.407 e. The molecule has 0 heterocycles. The first-order valence-electron chi connectivity index (χ1n) is 10.9. The molecule has 0 radical (unpaired) electrons. The van der Waals surface area contributed by atoms with Crippen LogP contribution in [-0.2, 0) is 9.22 Å². The summed E-state index contributed by atoms with van der Waals surface area (Å²) in [4.78, 5) is 11.3. The van der Waals surface area contributed by atoms with Crippen molar-refractivity contribution < 1.29 is 9.22 Å². The van der Waals surface area contributed by atoms with E-state index in [2.05, 4.69) is 40.8 Å². The van der Waals surface area contributed by atoms with E-state index >= 15 is 0 Å². The van der Waals surface area contributed by atoms with Crippen LogP contribution in [0.1, 0.15) is 111 Å². The molecule has 0 amide bonds. The van der Waals surface area contributed by atoms with Gasteiger partial charge < -0.3 is 9.22 Å². The van der Waals surface area contributed by atoms with E-state index in [-0.39, 0.29) is 11.1 Å². The number of hydrogen-bond acceptors (Lipinski definition) is 2. The summed E-state index contributed by atoms with van der Waals surface area (Å²) < 4.78 is 6.22. The van der Waals surface area contributed by atoms with Gasteiger partial charge in [0.1, 0.15) is 12.4 Å². The van der Waals surface area contributed by atoms with Crippen molar-refractivity contribution in [1.82, 2.24) is 0 Å². The van der Waals surface area contributed by atoms with Crippen LogP contribution in [0, 0.1) is 0 Å². The molecule has 25 heavy (non-hydrogen) atoms. The molecule has 3 heteroatoms. The minimum atomic E-state index is -1.82. The zero-order valence-electron chi connectivity index (χ0n) is 18.2. The highest BCUT2D eigenvalue weighted by Gasteiger charge is 2.38. The summed E-state index contributed by atoms with van der Waals surface area (Å²) in [7, 11) is -1.82. The Kier molecular flexibility index (Phi) is 13.9. The Morgan fingerprint density at radius 3 is 1.56 bits per heavy atom. The fraction of sp³-hybridized carbons (Fsp3) is 0.955. The Labute approximate surface area is 159 Å². The summed E-state index contributed by atoms with van der Waals surface area (Å²) in [5.41, 5.74) is 0. The van der Waals surface area contributed by atoms with Crippen molar-refractivity contribution in [2.45, 2.75) is 135 Å². The number of rotatable bonds is 16. The third-order valence-corrected chi connectivity index (χ3v) is 10.3. The summed E-state index contributed by atoms with van der Waals surface area (Å²) in [5, 5.41) is 0.171. The van der Waals surface area contributed by atoms with Crippen molar-refractivity contribution in [2.75, 3.05) is 0 Å². The Bertz CT molecular complexity index is 320. The number of unbranched alkanes of at least 4 members (excludes halogenated alkanes) is 11. The lowest BCUT2D eigenvalue weighted by atomic mass is 10.0. The standard InChI is InChI=1S/C22H46O2Si/c1-7-8-9-10-11-12-13-14-15-16-17-18-19-21(20-23)24-25(5,6)22(2,3)4/h20-21H,7-19H2,1-6H3/t21-/m1/s1. The summed E-state index contributed by atoms with van der Waals surface area (Å²) in [6.45, 7) is 13.4. The van der Waals surface area contributed by atoms with Crippen LogP contribution in [0.25, 0.3) is 0 Å². The third-order valence-electron chi connectivity index (χ3n) is 5.75. The molecule has 0 aliphatic rings. The summed E-state index contributed by atoms with van der Waals surface area (Å²) in [6, 6.07) is 0. The highest BCUT2D eigenvalue weighted by Crippen LogP contribution is 2.37. The van der Waals surface area contributed by atoms with Gasteiger partial charge in [-0.3, -0.25) is 0 Å². The van der Waals surface area contributed by atoms with E-state index in [0.29, 0.717) is 0 Å². The zero-order chi connectivity index (χ0) is 19.2. The van der Waals surface area contributed by atoms with Crippen LogP contribution in [-0.4, -0.2) is 20.7 Å². The molecule has 0 saturated carbocycles. The second-order valence-electron chi connectivity index (χ2n) is 9.23. The lowest BCUT2D eigenvalue weighted by Gasteiger charge is -2.38. The van der Waals surface area contributed by atoms with Gasteiger partial charge in [-0.05, 0) is 24.6 Å². The Morgan fingerprint density at radius 2 is 1.20 bits per heavy atom. The molecule has 150 valence electrons. The number of aldehydes is 1. The minimum absolute atomic E-state index is 0.171. The lowest BCUT2D eigenvalue weighted by Crippen LogP contribution is -2.44. The highest BCUT2D eigenvalue weighted by atomic mass is 28.4. The van der Waals surface area contributed by atoms with Gasteiger partial charge in [0.2, 0.25) is 0 Å². The van der Waals surface area contributed by atoms with Crippen LogP contribution in [0.4, 0.5) is 0 Å². The van der Waals surface area contributed by atoms with Gasteiger partial charge in [0.05, 0.1) is 0 Å². The fourth-order valence-corrected chi connectivity index (χ4v) is 4.18. The van der Waals surface area contributed by atoms with E-state index in [1.165, 1.54) is 70.6 Å². The highest BCUT2D eigenvalue weighted by molar-refractivity contribution is 6.74. The summed E-state index contributed by atoms with van der Waals surface area (Å²) >= 11 is 0. The van der Waals surface area contributed by atoms with Crippen molar-refractivity contribution in [3.8, 4) is 0 Å². The van der Waals surface area contributed by atoms with Crippen LogP contribution < -0.4 is 0 Å². The Balaban J connectivity index is 3.61. The first kappa shape index (κ1) is 24.8. The average Bonchev–Trinajstić information content (AvgIpc) is 2.53. The molecule has 0 aromatic carbocycles. The van der Waals surface area contributed by atoms with E-state index in [9.17, 15) is 4.79 Å². The predicted molar refractivity (Wildman–Crippen MR) is 114 cm³/mol. The first-order valence-corrected chi connectivity index (χ1v) is 13.8. The van der Waals surface area contributed by atoms with Gasteiger partial charge in [0, 0.05) is 0 Å². The molecule has 0 aliphatic carbocycles. The number of hydrogen-bond donors (Lipinski definition) is 0. The van der Waals surface area contributed by atoms with Gasteiger partial charge in [-0.25, -0.2) is 0 Å². The zero-order valence-corrected chi connectivity index (χ0v) is 19.2. The van der Waals surface area contributed by atoms with E-state index < -0.39 is 8.32 Å². The quantitative estimate of drug-likeness (QED) is 0.158. The van der Waals surface area contributed by atoms with Gasteiger partial charge in [0.25, 0.3) is 0 Å². The maximum Gasteiger partial charge on any atom is 0.193 e. The van der Waals surface area contributed by atoms with E-state index in [4.69, 9.17) is 4.43 Å². The molecule has 0 N–H and O–H groups in total. The molecule has 0 rings (SSSR count). The second kappa shape index (κ2) is 14.0. The third kappa shape index (κ3) is 12.8. The van der Waals surface area contributed by atoms with Crippen LogP contribution in [0.3, 0.4) is 0 Å². The van der Waals surface area contributed by atoms with Crippen molar-refractivity contribution in [1.29, 1.82) is 0 Å². The smallest absolute Gasteiger partial charge is 0.193 e. The van der Waals surface area contributed by atoms with Crippen LogP contribution in [0.2, 0.25) is 18.1 Å². The van der Waals surface area contributed by atoms with E-state index in [0.717, 1.165) is 19.1 Å². The molecule has 0 bridgehead atoms. The first-order chi connectivity index (χ1) is 11.7. The largest absolute Gasteiger partial charge is 0.407 e. The number of carbonyl (C=O) groups is 1. The number of carbonyl (C=O) groups excluding carboxylic acids is 1. The van der Waals surface area contributed by atoms with E-state index in [1.807, 2.05) is 0 Å². The van der Waals surface area contributed by atoms with Gasteiger partial charge in [-0.2, -0.15) is 0 Å². The van der Waals surface area contributed by atoms with Gasteiger partial charge >= 0.3 is 0 Å². The van der Waals surface area contributed by atoms with Crippen molar-refractivity contribution in [3.05, 3.63) is 0 Å². The summed E-state index contributed by atoms with van der Waals surface area (Å²) in [5.74, 6) is 0. The predicted octanol–water partition coefficient (Wildman–Crippen LogP) is 7.67. The molecule has 0 aromatic rings. The second-order valence-corrected chi connectivity index (χ2v) is 14.0. The molecule has 2 nitrogen and oxygen atoms in total. The Morgan fingerprint density at radius 1 is 0.800 bits per heavy atom. The topological polar surface area (TPSA) is 26.3 Å². The molecule has 0 spiro atoms. The van der Waals surface area contributed by atoms with Crippen LogP contribution in [0.5, 0.6) is 0 Å².